The first kappa shape index (κ1) is 15.9. The minimum atomic E-state index is -0.0470. The van der Waals surface area contributed by atoms with Crippen molar-refractivity contribution in [2.24, 2.45) is 23.2 Å². The van der Waals surface area contributed by atoms with Crippen LogP contribution in [-0.4, -0.2) is 11.2 Å². The number of unbranched alkanes of at least 4 members (excludes halogenated alkanes) is 1. The highest BCUT2D eigenvalue weighted by atomic mass is 16.3. The summed E-state index contributed by atoms with van der Waals surface area (Å²) in [4.78, 5) is 0. The number of aliphatic hydroxyl groups is 1. The number of fused-ring (bicyclic) bond motifs is 4. The predicted molar refractivity (Wildman–Crippen MR) is 96.2 cm³/mol. The molecule has 4 rings (SSSR count). The van der Waals surface area contributed by atoms with Crippen LogP contribution in [0.15, 0.2) is 22.8 Å². The topological polar surface area (TPSA) is 20.2 Å². The van der Waals surface area contributed by atoms with Crippen molar-refractivity contribution in [3.63, 3.8) is 0 Å². The van der Waals surface area contributed by atoms with Crippen molar-refractivity contribution in [3.05, 3.63) is 22.8 Å². The van der Waals surface area contributed by atoms with E-state index in [4.69, 9.17) is 0 Å². The van der Waals surface area contributed by atoms with E-state index in [0.29, 0.717) is 5.41 Å². The van der Waals surface area contributed by atoms with Crippen molar-refractivity contribution in [2.75, 3.05) is 0 Å². The Balaban J connectivity index is 1.59. The molecule has 0 bridgehead atoms. The molecule has 3 unspecified atom stereocenters. The van der Waals surface area contributed by atoms with Gasteiger partial charge in [-0.3, -0.25) is 0 Å². The summed E-state index contributed by atoms with van der Waals surface area (Å²) >= 11 is 0. The molecule has 0 saturated heterocycles. The summed E-state index contributed by atoms with van der Waals surface area (Å²) in [5.74, 6) is 2.75. The number of aliphatic hydroxyl groups excluding tert-OH is 1. The summed E-state index contributed by atoms with van der Waals surface area (Å²) in [6, 6.07) is 0. The van der Waals surface area contributed by atoms with Gasteiger partial charge in [0.2, 0.25) is 0 Å². The first-order valence-electron chi connectivity index (χ1n) is 10.2. The Hall–Kier alpha value is -0.560. The summed E-state index contributed by atoms with van der Waals surface area (Å²) in [6.45, 7) is 4.90. The maximum atomic E-state index is 10.0. The van der Waals surface area contributed by atoms with Gasteiger partial charge in [-0.2, -0.15) is 0 Å². The van der Waals surface area contributed by atoms with Crippen LogP contribution in [0.5, 0.6) is 0 Å². The molecule has 2 fully saturated rings. The molecule has 0 heterocycles. The molecule has 0 spiro atoms. The van der Waals surface area contributed by atoms with E-state index < -0.39 is 0 Å². The molecule has 0 aromatic rings. The van der Waals surface area contributed by atoms with E-state index in [-0.39, 0.29) is 6.10 Å². The van der Waals surface area contributed by atoms with Gasteiger partial charge in [0.15, 0.2) is 0 Å². The van der Waals surface area contributed by atoms with E-state index in [0.717, 1.165) is 30.6 Å². The highest BCUT2D eigenvalue weighted by Gasteiger charge is 2.52. The minimum absolute atomic E-state index is 0.0470. The first-order chi connectivity index (χ1) is 11.1. The third kappa shape index (κ3) is 2.54. The van der Waals surface area contributed by atoms with E-state index in [1.807, 2.05) is 5.57 Å². The zero-order valence-corrected chi connectivity index (χ0v) is 15.1. The lowest BCUT2D eigenvalue weighted by molar-refractivity contribution is 0.0543. The van der Waals surface area contributed by atoms with E-state index in [1.165, 1.54) is 57.8 Å². The Bertz CT molecular complexity index is 528. The molecule has 0 amide bonds. The highest BCUT2D eigenvalue weighted by molar-refractivity contribution is 5.30. The molecule has 4 aliphatic rings. The van der Waals surface area contributed by atoms with Crippen molar-refractivity contribution < 1.29 is 5.11 Å². The maximum absolute atomic E-state index is 10.0. The molecule has 0 radical (unpaired) electrons. The van der Waals surface area contributed by atoms with Crippen LogP contribution in [0.4, 0.5) is 0 Å². The van der Waals surface area contributed by atoms with Gasteiger partial charge in [0, 0.05) is 0 Å². The van der Waals surface area contributed by atoms with Gasteiger partial charge in [0.1, 0.15) is 0 Å². The summed E-state index contributed by atoms with van der Waals surface area (Å²) in [7, 11) is 0. The first-order valence-corrected chi connectivity index (χ1v) is 10.2. The highest BCUT2D eigenvalue weighted by Crippen LogP contribution is 2.63. The van der Waals surface area contributed by atoms with Gasteiger partial charge in [0.25, 0.3) is 0 Å². The van der Waals surface area contributed by atoms with Crippen LogP contribution >= 0.6 is 0 Å². The van der Waals surface area contributed by atoms with Crippen LogP contribution < -0.4 is 0 Å². The molecule has 0 aromatic carbocycles. The molecule has 1 heteroatoms. The maximum Gasteiger partial charge on any atom is 0.0580 e. The average Bonchev–Trinajstić information content (AvgIpc) is 2.89. The third-order valence-corrected chi connectivity index (χ3v) is 7.87. The molecule has 0 aliphatic heterocycles. The van der Waals surface area contributed by atoms with Crippen LogP contribution in [0.3, 0.4) is 0 Å². The van der Waals surface area contributed by atoms with Crippen LogP contribution in [0.25, 0.3) is 0 Å². The Kier molecular flexibility index (Phi) is 4.20. The second-order valence-electron chi connectivity index (χ2n) is 8.95. The van der Waals surface area contributed by atoms with E-state index in [2.05, 4.69) is 19.9 Å². The largest absolute Gasteiger partial charge is 0.393 e. The number of hydrogen-bond donors (Lipinski definition) is 1. The second-order valence-corrected chi connectivity index (χ2v) is 8.95. The van der Waals surface area contributed by atoms with Crippen molar-refractivity contribution in [2.45, 2.75) is 90.6 Å². The zero-order valence-electron chi connectivity index (χ0n) is 15.1. The molecular formula is C22H34O. The number of hydrogen-bond acceptors (Lipinski definition) is 1. The minimum Gasteiger partial charge on any atom is -0.393 e. The Labute approximate surface area is 142 Å². The molecular weight excluding hydrogens is 280 g/mol. The summed E-state index contributed by atoms with van der Waals surface area (Å²) in [5.41, 5.74) is 5.79. The van der Waals surface area contributed by atoms with Crippen LogP contribution in [-0.2, 0) is 0 Å². The quantitative estimate of drug-likeness (QED) is 0.639. The lowest BCUT2D eigenvalue weighted by Gasteiger charge is -2.51. The Morgan fingerprint density at radius 1 is 1.13 bits per heavy atom. The van der Waals surface area contributed by atoms with Crippen LogP contribution in [0.1, 0.15) is 84.5 Å². The molecule has 1 N–H and O–H groups in total. The number of rotatable bonds is 2. The van der Waals surface area contributed by atoms with E-state index >= 15 is 0 Å². The smallest absolute Gasteiger partial charge is 0.0580 e. The molecule has 23 heavy (non-hydrogen) atoms. The van der Waals surface area contributed by atoms with Gasteiger partial charge in [-0.1, -0.05) is 43.1 Å². The summed E-state index contributed by atoms with van der Waals surface area (Å²) in [5, 5.41) is 10.0. The van der Waals surface area contributed by atoms with Crippen LogP contribution in [0, 0.1) is 23.2 Å². The number of allylic oxidation sites excluding steroid dienone is 3. The fraction of sp³-hybridized carbons (Fsp3) is 0.818. The van der Waals surface area contributed by atoms with Crippen LogP contribution in [0.2, 0.25) is 0 Å². The third-order valence-electron chi connectivity index (χ3n) is 7.87. The van der Waals surface area contributed by atoms with Crippen molar-refractivity contribution in [3.8, 4) is 0 Å². The molecule has 0 aromatic heterocycles. The molecule has 128 valence electrons. The van der Waals surface area contributed by atoms with Gasteiger partial charge >= 0.3 is 0 Å². The van der Waals surface area contributed by atoms with Gasteiger partial charge < -0.3 is 5.11 Å². The van der Waals surface area contributed by atoms with E-state index in [1.54, 1.807) is 11.1 Å². The molecule has 5 atom stereocenters. The second kappa shape index (κ2) is 6.06. The Morgan fingerprint density at radius 2 is 2.00 bits per heavy atom. The van der Waals surface area contributed by atoms with E-state index in [9.17, 15) is 5.11 Å². The summed E-state index contributed by atoms with van der Waals surface area (Å²) < 4.78 is 0. The molecule has 4 aliphatic carbocycles. The normalized spacial score (nSPS) is 44.9. The molecule has 1 nitrogen and oxygen atoms in total. The van der Waals surface area contributed by atoms with Gasteiger partial charge in [0.05, 0.1) is 6.10 Å². The fourth-order valence-corrected chi connectivity index (χ4v) is 6.69. The van der Waals surface area contributed by atoms with Crippen molar-refractivity contribution in [1.82, 2.24) is 0 Å². The lowest BCUT2D eigenvalue weighted by Crippen LogP contribution is -2.42. The van der Waals surface area contributed by atoms with Crippen molar-refractivity contribution >= 4 is 0 Å². The monoisotopic (exact) mass is 314 g/mol. The standard InChI is InChI=1S/C22H34O/c1-3-4-5-16-7-11-21-20-9-6-15-14-17(23)8-10-18(15)19(20)12-13-22(16,21)2/h5,17,19-21,23H,3-4,6-14H2,1-2H3/t17-,19?,20?,21?,22+/m0/s1. The van der Waals surface area contributed by atoms with Gasteiger partial charge in [-0.05, 0) is 87.4 Å². The average molecular weight is 315 g/mol. The lowest BCUT2D eigenvalue weighted by atomic mass is 9.54. The predicted octanol–water partition coefficient (Wildman–Crippen LogP) is 5.79. The van der Waals surface area contributed by atoms with Gasteiger partial charge in [-0.25, -0.2) is 0 Å². The van der Waals surface area contributed by atoms with Crippen molar-refractivity contribution in [1.29, 1.82) is 0 Å². The Morgan fingerprint density at radius 3 is 2.83 bits per heavy atom. The zero-order chi connectivity index (χ0) is 16.0. The van der Waals surface area contributed by atoms with Gasteiger partial charge in [-0.15, -0.1) is 0 Å². The fourth-order valence-electron chi connectivity index (χ4n) is 6.69. The molecule has 2 saturated carbocycles. The summed E-state index contributed by atoms with van der Waals surface area (Å²) in [6.07, 6.45) is 16.6. The SMILES string of the molecule is CCCC=C1CCC2C3CCC4=C(CC[C@H](O)C4)C3CC[C@]12C.